The zero-order chi connectivity index (χ0) is 22.5. The molecular formula is C25H22N8. The minimum absolute atomic E-state index is 0.315. The molecule has 0 spiro atoms. The van der Waals surface area contributed by atoms with E-state index in [1.165, 1.54) is 0 Å². The largest absolute Gasteiger partial charge is 0.358 e. The Morgan fingerprint density at radius 3 is 1.88 bits per heavy atom. The number of hydrogen-bond acceptors (Lipinski definition) is 7. The zero-order valence-electron chi connectivity index (χ0n) is 17.9. The summed E-state index contributed by atoms with van der Waals surface area (Å²) in [6.45, 7) is 2.02. The van der Waals surface area contributed by atoms with E-state index in [9.17, 15) is 0 Å². The van der Waals surface area contributed by atoms with Gasteiger partial charge in [0.15, 0.2) is 0 Å². The Morgan fingerprint density at radius 2 is 1.24 bits per heavy atom. The normalized spacial score (nSPS) is 11.1. The second kappa shape index (κ2) is 9.19. The van der Waals surface area contributed by atoms with E-state index < -0.39 is 0 Å². The number of aromatic nitrogens is 4. The highest BCUT2D eigenvalue weighted by atomic mass is 15.4. The van der Waals surface area contributed by atoms with Crippen LogP contribution in [0.2, 0.25) is 0 Å². The van der Waals surface area contributed by atoms with Crippen LogP contribution in [0.5, 0.6) is 0 Å². The first kappa shape index (κ1) is 20.2. The van der Waals surface area contributed by atoms with Gasteiger partial charge in [0.05, 0.1) is 6.21 Å². The van der Waals surface area contributed by atoms with Crippen LogP contribution in [0.4, 0.5) is 29.2 Å². The molecule has 5 aromatic rings. The van der Waals surface area contributed by atoms with Crippen molar-refractivity contribution in [2.24, 2.45) is 5.10 Å². The molecule has 0 saturated heterocycles. The fourth-order valence-corrected chi connectivity index (χ4v) is 3.46. The number of H-pyrrole nitrogens is 1. The number of nitrogens with zero attached hydrogens (tertiary/aromatic N) is 4. The smallest absolute Gasteiger partial charge is 0.250 e. The molecule has 2 heterocycles. The predicted octanol–water partition coefficient (Wildman–Crippen LogP) is 5.59. The molecule has 0 unspecified atom stereocenters. The van der Waals surface area contributed by atoms with E-state index in [0.717, 1.165) is 33.5 Å². The molecule has 0 fully saturated rings. The molecule has 0 aliphatic heterocycles. The molecule has 0 amide bonds. The Kier molecular flexibility index (Phi) is 5.62. The van der Waals surface area contributed by atoms with Crippen molar-refractivity contribution in [3.63, 3.8) is 0 Å². The molecule has 8 heteroatoms. The minimum Gasteiger partial charge on any atom is -0.358 e. The zero-order valence-corrected chi connectivity index (χ0v) is 17.9. The maximum atomic E-state index is 4.50. The first-order valence-electron chi connectivity index (χ1n) is 10.5. The third-order valence-electron chi connectivity index (χ3n) is 5.00. The molecule has 3 aromatic carbocycles. The highest BCUT2D eigenvalue weighted by molar-refractivity contribution is 6.00. The van der Waals surface area contributed by atoms with Gasteiger partial charge in [-0.05, 0) is 37.3 Å². The van der Waals surface area contributed by atoms with Crippen molar-refractivity contribution in [1.82, 2.24) is 19.9 Å². The topological polar surface area (TPSA) is 103 Å². The van der Waals surface area contributed by atoms with Crippen LogP contribution in [0.1, 0.15) is 11.3 Å². The molecule has 4 N–H and O–H groups in total. The summed E-state index contributed by atoms with van der Waals surface area (Å²) in [7, 11) is 0. The lowest BCUT2D eigenvalue weighted by atomic mass is 10.1. The van der Waals surface area contributed by atoms with Crippen LogP contribution >= 0.6 is 0 Å². The van der Waals surface area contributed by atoms with Crippen LogP contribution in [-0.2, 0) is 0 Å². The fourth-order valence-electron chi connectivity index (χ4n) is 3.46. The van der Waals surface area contributed by atoms with Crippen molar-refractivity contribution in [2.75, 3.05) is 16.1 Å². The fraction of sp³-hybridized carbons (Fsp3) is 0.0400. The van der Waals surface area contributed by atoms with Crippen LogP contribution in [0.25, 0.3) is 10.9 Å². The molecule has 5 rings (SSSR count). The number of anilines is 5. The van der Waals surface area contributed by atoms with Crippen molar-refractivity contribution in [3.8, 4) is 0 Å². The predicted molar refractivity (Wildman–Crippen MR) is 134 cm³/mol. The summed E-state index contributed by atoms with van der Waals surface area (Å²) >= 11 is 0. The third kappa shape index (κ3) is 4.80. The summed E-state index contributed by atoms with van der Waals surface area (Å²) in [5.41, 5.74) is 7.81. The Labute approximate surface area is 190 Å². The summed E-state index contributed by atoms with van der Waals surface area (Å²) in [6.07, 6.45) is 1.77. The molecule has 2 aromatic heterocycles. The summed E-state index contributed by atoms with van der Waals surface area (Å²) < 4.78 is 0. The van der Waals surface area contributed by atoms with Gasteiger partial charge in [-0.3, -0.25) is 0 Å². The van der Waals surface area contributed by atoms with E-state index in [0.29, 0.717) is 17.8 Å². The molecule has 8 nitrogen and oxygen atoms in total. The maximum Gasteiger partial charge on any atom is 0.250 e. The van der Waals surface area contributed by atoms with Gasteiger partial charge in [0.25, 0.3) is 0 Å². The first-order valence-corrected chi connectivity index (χ1v) is 10.5. The standard InChI is InChI=1S/C25H22N8/c1-17-21(20-14-8-9-15-22(20)27-17)16-26-33-25-31-23(28-18-10-4-2-5-11-18)30-24(32-25)29-19-12-6-3-7-13-19/h2-16,27H,1H3,(H3,28,29,30,31,32,33)/b26-16-. The third-order valence-corrected chi connectivity index (χ3v) is 5.00. The first-order chi connectivity index (χ1) is 16.2. The van der Waals surface area contributed by atoms with Crippen molar-refractivity contribution >= 4 is 46.3 Å². The number of hydrogen-bond donors (Lipinski definition) is 4. The summed E-state index contributed by atoms with van der Waals surface area (Å²) in [6, 6.07) is 27.6. The molecule has 0 atom stereocenters. The van der Waals surface area contributed by atoms with E-state index in [1.807, 2.05) is 85.8 Å². The second-order valence-corrected chi connectivity index (χ2v) is 7.37. The Bertz CT molecular complexity index is 1330. The van der Waals surface area contributed by atoms with Gasteiger partial charge in [0.2, 0.25) is 17.8 Å². The van der Waals surface area contributed by atoms with Crippen LogP contribution in [-0.4, -0.2) is 26.2 Å². The highest BCUT2D eigenvalue weighted by Gasteiger charge is 2.08. The lowest BCUT2D eigenvalue weighted by molar-refractivity contribution is 1.04. The van der Waals surface area contributed by atoms with Gasteiger partial charge in [-0.25, -0.2) is 5.43 Å². The van der Waals surface area contributed by atoms with Gasteiger partial charge in [0.1, 0.15) is 0 Å². The number of aryl methyl sites for hydroxylation is 1. The molecular weight excluding hydrogens is 412 g/mol. The van der Waals surface area contributed by atoms with Crippen molar-refractivity contribution in [3.05, 3.63) is 96.2 Å². The van der Waals surface area contributed by atoms with Crippen molar-refractivity contribution in [1.29, 1.82) is 0 Å². The molecule has 0 bridgehead atoms. The van der Waals surface area contributed by atoms with Crippen molar-refractivity contribution in [2.45, 2.75) is 6.92 Å². The van der Waals surface area contributed by atoms with E-state index in [4.69, 9.17) is 0 Å². The van der Waals surface area contributed by atoms with Gasteiger partial charge in [0, 0.05) is 33.5 Å². The summed E-state index contributed by atoms with van der Waals surface area (Å²) in [4.78, 5) is 16.8. The van der Waals surface area contributed by atoms with Crippen LogP contribution in [0.3, 0.4) is 0 Å². The average Bonchev–Trinajstić information content (AvgIpc) is 3.15. The number of benzene rings is 3. The lowest BCUT2D eigenvalue weighted by Gasteiger charge is -2.10. The monoisotopic (exact) mass is 434 g/mol. The van der Waals surface area contributed by atoms with E-state index in [-0.39, 0.29) is 0 Å². The van der Waals surface area contributed by atoms with Crippen LogP contribution < -0.4 is 16.1 Å². The Morgan fingerprint density at radius 1 is 0.697 bits per heavy atom. The number of aromatic amines is 1. The number of hydrazone groups is 1. The van der Waals surface area contributed by atoms with E-state index in [2.05, 4.69) is 47.2 Å². The quantitative estimate of drug-likeness (QED) is 0.197. The van der Waals surface area contributed by atoms with Gasteiger partial charge in [-0.2, -0.15) is 20.1 Å². The molecule has 0 aliphatic rings. The molecule has 0 aliphatic carbocycles. The molecule has 0 saturated carbocycles. The average molecular weight is 435 g/mol. The van der Waals surface area contributed by atoms with E-state index in [1.54, 1.807) is 6.21 Å². The second-order valence-electron chi connectivity index (χ2n) is 7.37. The minimum atomic E-state index is 0.315. The van der Waals surface area contributed by atoms with Crippen LogP contribution in [0.15, 0.2) is 90.0 Å². The molecule has 0 radical (unpaired) electrons. The summed E-state index contributed by atoms with van der Waals surface area (Å²) in [5, 5.41) is 11.9. The number of fused-ring (bicyclic) bond motifs is 1. The number of para-hydroxylation sites is 3. The van der Waals surface area contributed by atoms with Gasteiger partial charge < -0.3 is 15.6 Å². The number of nitrogens with one attached hydrogen (secondary N) is 4. The summed E-state index contributed by atoms with van der Waals surface area (Å²) in [5.74, 6) is 1.11. The number of rotatable bonds is 7. The maximum absolute atomic E-state index is 4.50. The lowest BCUT2D eigenvalue weighted by Crippen LogP contribution is -2.07. The SMILES string of the molecule is Cc1[nH]c2ccccc2c1/C=N\Nc1nc(Nc2ccccc2)nc(Nc2ccccc2)n1. The Hall–Kier alpha value is -4.72. The van der Waals surface area contributed by atoms with Gasteiger partial charge in [-0.1, -0.05) is 54.6 Å². The molecule has 162 valence electrons. The van der Waals surface area contributed by atoms with Gasteiger partial charge >= 0.3 is 0 Å². The van der Waals surface area contributed by atoms with Crippen molar-refractivity contribution < 1.29 is 0 Å². The van der Waals surface area contributed by atoms with E-state index >= 15 is 0 Å². The van der Waals surface area contributed by atoms with Crippen LogP contribution in [0, 0.1) is 6.92 Å². The molecule has 33 heavy (non-hydrogen) atoms. The highest BCUT2D eigenvalue weighted by Crippen LogP contribution is 2.21. The Balaban J connectivity index is 1.42. The van der Waals surface area contributed by atoms with Gasteiger partial charge in [-0.15, -0.1) is 0 Å².